The smallest absolute Gasteiger partial charge is 0.335 e. The molecule has 0 bridgehead atoms. The highest BCUT2D eigenvalue weighted by Crippen LogP contribution is 2.35. The lowest BCUT2D eigenvalue weighted by Crippen LogP contribution is -2.37. The van der Waals surface area contributed by atoms with Crippen LogP contribution >= 0.6 is 12.2 Å². The van der Waals surface area contributed by atoms with Gasteiger partial charge in [-0.05, 0) is 18.9 Å². The first-order valence-electron chi connectivity index (χ1n) is 8.54. The lowest BCUT2D eigenvalue weighted by molar-refractivity contribution is -0.116. The molecule has 2 aliphatic carbocycles. The number of carbonyl (C=O) groups is 2. The second kappa shape index (κ2) is 8.25. The maximum Gasteiger partial charge on any atom is 0.335 e. The number of urea groups is 1. The molecule has 1 heterocycles. The highest BCUT2D eigenvalue weighted by molar-refractivity contribution is 7.94. The van der Waals surface area contributed by atoms with Crippen LogP contribution in [-0.4, -0.2) is 49.3 Å². The Morgan fingerprint density at radius 1 is 1.17 bits per heavy atom. The summed E-state index contributed by atoms with van der Waals surface area (Å²) in [5, 5.41) is 2.20. The molecular formula is C17H18N4O6S2. The largest absolute Gasteiger partial charge is 0.481 e. The van der Waals surface area contributed by atoms with E-state index >= 15 is 0 Å². The normalized spacial score (nSPS) is 16.4. The summed E-state index contributed by atoms with van der Waals surface area (Å²) in [7, 11) is -1.64. The van der Waals surface area contributed by atoms with Crippen LogP contribution in [0, 0.1) is 5.92 Å². The molecule has 2 aliphatic rings. The maximum atomic E-state index is 12.8. The number of carbonyl (C=O) groups excluding carboxylic acids is 2. The summed E-state index contributed by atoms with van der Waals surface area (Å²) in [4.78, 5) is 32.5. The number of hydrogen-bond donors (Lipinski definition) is 2. The molecule has 2 N–H and O–H groups in total. The number of aromatic nitrogens is 2. The Labute approximate surface area is 172 Å². The van der Waals surface area contributed by atoms with Crippen molar-refractivity contribution in [3.63, 3.8) is 0 Å². The molecule has 0 aromatic carbocycles. The van der Waals surface area contributed by atoms with Crippen molar-refractivity contribution in [2.75, 3.05) is 19.5 Å². The molecule has 3 rings (SSSR count). The van der Waals surface area contributed by atoms with Gasteiger partial charge < -0.3 is 9.47 Å². The van der Waals surface area contributed by atoms with Gasteiger partial charge in [-0.15, -0.1) is 0 Å². The average molecular weight is 438 g/mol. The standard InChI is InChI=1S/C17H18N4O6S2/c1-26-12-8-13(27-2)19-16(18-12)20-17(23)21-29(24,25)11-5-3-4-10(28)14(11)15(22)9-6-7-9/h3,5,8-9H,4,6-7H2,1-2H3,(H2,18,19,20,21,23). The Morgan fingerprint density at radius 3 is 2.34 bits per heavy atom. The molecular weight excluding hydrogens is 420 g/mol. The molecule has 1 aromatic rings. The zero-order valence-corrected chi connectivity index (χ0v) is 17.2. The quantitative estimate of drug-likeness (QED) is 0.607. The SMILES string of the molecule is COc1cc(OC)nc(NC(=O)NS(=O)(=O)C2=C(C(=O)C3CC3)C(=S)CC=C2)n1. The zero-order chi connectivity index (χ0) is 21.2. The third kappa shape index (κ3) is 4.77. The number of thiocarbonyl (C=S) groups is 1. The molecule has 154 valence electrons. The van der Waals surface area contributed by atoms with Gasteiger partial charge in [-0.1, -0.05) is 18.3 Å². The van der Waals surface area contributed by atoms with Crippen LogP contribution in [0.2, 0.25) is 0 Å². The van der Waals surface area contributed by atoms with Crippen LogP contribution in [-0.2, 0) is 14.8 Å². The number of Topliss-reactive ketones (excluding diaryl/α,β-unsaturated/α-hetero) is 1. The summed E-state index contributed by atoms with van der Waals surface area (Å²) in [5.74, 6) is -0.537. The van der Waals surface area contributed by atoms with Crippen LogP contribution < -0.4 is 19.5 Å². The number of hydrogen-bond acceptors (Lipinski definition) is 9. The number of ketones is 1. The molecule has 1 fully saturated rings. The Morgan fingerprint density at radius 2 is 1.79 bits per heavy atom. The van der Waals surface area contributed by atoms with E-state index in [1.54, 1.807) is 0 Å². The fourth-order valence-corrected chi connectivity index (χ4v) is 4.15. The van der Waals surface area contributed by atoms with Crippen LogP contribution in [0.15, 0.2) is 28.7 Å². The van der Waals surface area contributed by atoms with E-state index in [2.05, 4.69) is 15.3 Å². The van der Waals surface area contributed by atoms with Crippen LogP contribution in [0.4, 0.5) is 10.7 Å². The van der Waals surface area contributed by atoms with E-state index in [0.717, 1.165) is 0 Å². The molecule has 0 unspecified atom stereocenters. The van der Waals surface area contributed by atoms with Crippen molar-refractivity contribution in [1.82, 2.24) is 14.7 Å². The Balaban J connectivity index is 1.83. The monoisotopic (exact) mass is 438 g/mol. The zero-order valence-electron chi connectivity index (χ0n) is 15.6. The van der Waals surface area contributed by atoms with Crippen LogP contribution in [0.5, 0.6) is 11.8 Å². The van der Waals surface area contributed by atoms with Gasteiger partial charge in [0.2, 0.25) is 17.7 Å². The van der Waals surface area contributed by atoms with Gasteiger partial charge in [0.1, 0.15) is 0 Å². The van der Waals surface area contributed by atoms with E-state index in [1.807, 2.05) is 4.72 Å². The number of ether oxygens (including phenoxy) is 2. The van der Waals surface area contributed by atoms with Crippen LogP contribution in [0.3, 0.4) is 0 Å². The molecule has 0 aliphatic heterocycles. The molecule has 0 atom stereocenters. The molecule has 0 radical (unpaired) electrons. The number of sulfonamides is 1. The number of nitrogens with one attached hydrogen (secondary N) is 2. The van der Waals surface area contributed by atoms with Gasteiger partial charge in [0.05, 0.1) is 30.8 Å². The van der Waals surface area contributed by atoms with Gasteiger partial charge in [0.25, 0.3) is 10.0 Å². The number of rotatable bonds is 7. The van der Waals surface area contributed by atoms with Crippen molar-refractivity contribution in [1.29, 1.82) is 0 Å². The minimum absolute atomic E-state index is 0.0235. The number of anilines is 1. The van der Waals surface area contributed by atoms with Gasteiger partial charge in [-0.3, -0.25) is 10.1 Å². The minimum Gasteiger partial charge on any atom is -0.481 e. The van der Waals surface area contributed by atoms with Crippen molar-refractivity contribution in [2.24, 2.45) is 5.92 Å². The summed E-state index contributed by atoms with van der Waals surface area (Å²) in [5.41, 5.74) is -0.0235. The summed E-state index contributed by atoms with van der Waals surface area (Å²) >= 11 is 5.20. The molecule has 10 nitrogen and oxygen atoms in total. The van der Waals surface area contributed by atoms with Gasteiger partial charge in [0, 0.05) is 17.2 Å². The number of nitrogens with zero attached hydrogens (tertiary/aromatic N) is 2. The Kier molecular flexibility index (Phi) is 5.94. The average Bonchev–Trinajstić information content (AvgIpc) is 3.51. The molecule has 1 saturated carbocycles. The Bertz CT molecular complexity index is 1020. The molecule has 29 heavy (non-hydrogen) atoms. The first-order valence-corrected chi connectivity index (χ1v) is 10.4. The van der Waals surface area contributed by atoms with Gasteiger partial charge >= 0.3 is 6.03 Å². The van der Waals surface area contributed by atoms with Crippen molar-refractivity contribution in [2.45, 2.75) is 19.3 Å². The van der Waals surface area contributed by atoms with E-state index in [1.165, 1.54) is 32.4 Å². The van der Waals surface area contributed by atoms with E-state index < -0.39 is 16.1 Å². The second-order valence-corrected chi connectivity index (χ2v) is 8.39. The van der Waals surface area contributed by atoms with E-state index in [-0.39, 0.29) is 44.8 Å². The summed E-state index contributed by atoms with van der Waals surface area (Å²) in [6.45, 7) is 0. The third-order valence-electron chi connectivity index (χ3n) is 4.13. The number of allylic oxidation sites excluding steroid dienone is 3. The van der Waals surface area contributed by atoms with Crippen molar-refractivity contribution in [3.05, 3.63) is 28.7 Å². The third-order valence-corrected chi connectivity index (χ3v) is 5.88. The molecule has 2 amide bonds. The highest BCUT2D eigenvalue weighted by atomic mass is 32.2. The van der Waals surface area contributed by atoms with E-state index in [4.69, 9.17) is 21.7 Å². The predicted molar refractivity (Wildman–Crippen MR) is 107 cm³/mol. The highest BCUT2D eigenvalue weighted by Gasteiger charge is 2.37. The summed E-state index contributed by atoms with van der Waals surface area (Å²) < 4.78 is 37.3. The number of methoxy groups -OCH3 is 2. The van der Waals surface area contributed by atoms with Crippen molar-refractivity contribution >= 4 is 44.9 Å². The lowest BCUT2D eigenvalue weighted by atomic mass is 9.98. The molecule has 1 aromatic heterocycles. The van der Waals surface area contributed by atoms with Crippen LogP contribution in [0.1, 0.15) is 19.3 Å². The van der Waals surface area contributed by atoms with Crippen molar-refractivity contribution in [3.8, 4) is 11.8 Å². The second-order valence-electron chi connectivity index (χ2n) is 6.24. The van der Waals surface area contributed by atoms with E-state index in [0.29, 0.717) is 19.3 Å². The summed E-state index contributed by atoms with van der Waals surface area (Å²) in [6, 6.07) is 0.268. The van der Waals surface area contributed by atoms with Gasteiger partial charge in [0.15, 0.2) is 5.78 Å². The fourth-order valence-electron chi connectivity index (χ4n) is 2.60. The maximum absolute atomic E-state index is 12.8. The molecule has 0 saturated heterocycles. The summed E-state index contributed by atoms with van der Waals surface area (Å²) in [6.07, 6.45) is 4.52. The lowest BCUT2D eigenvalue weighted by Gasteiger charge is -2.17. The van der Waals surface area contributed by atoms with Crippen molar-refractivity contribution < 1.29 is 27.5 Å². The first-order chi connectivity index (χ1) is 13.7. The van der Waals surface area contributed by atoms with Crippen LogP contribution in [0.25, 0.3) is 0 Å². The van der Waals surface area contributed by atoms with E-state index in [9.17, 15) is 18.0 Å². The van der Waals surface area contributed by atoms with Gasteiger partial charge in [-0.25, -0.2) is 17.9 Å². The first kappa shape index (κ1) is 20.9. The topological polar surface area (TPSA) is 137 Å². The van der Waals surface area contributed by atoms with Gasteiger partial charge in [-0.2, -0.15) is 9.97 Å². The minimum atomic E-state index is -4.36. The molecule has 0 spiro atoms. The predicted octanol–water partition coefficient (Wildman–Crippen LogP) is 1.51. The number of amides is 2. The Hall–Kier alpha value is -2.86. The fraction of sp³-hybridized carbons (Fsp3) is 0.353. The molecule has 12 heteroatoms.